The lowest BCUT2D eigenvalue weighted by Crippen LogP contribution is -2.61. The fraction of sp³-hybridized carbons (Fsp3) is 0.518. The Morgan fingerprint density at radius 3 is 1.67 bits per heavy atom. The number of aliphatic carboxylic acids is 1. The minimum absolute atomic E-state index is 0.00884. The standard InChI is InChI=1S/C85H116N20O20S/c1-8-10-21-66-78(118)92-46(3)73(113)100-65(72(87)112)43-126-44-70(109)93-62(33-48-24-26-52(107)27-25-48)81(121)101(5)47(4)74(114)94-58(28-29-71(110)111)83(123)104-32-16-23-67(104)79(119)97-61(36-51-40-88-45-91-51)76(116)95-59(30-31-86)84(124)105-41-53(108)37-69(105)80(120)96-60(34-49-38-89-56-19-14-12-17-54(49)56)75(115)99-64(42-106)77(117)98-63(35-50-39-90-57-20-15-13-18-55(50)57)82(122)103(7)68(22-11-9-2)85(125)102(66)6/h12-15,17-20,24-27,38-40,45-47,53,58-69,89-90,106-108H,8-11,16,21-23,28-37,41-44,86H2,1-7H3,(H2,87,112)(H,88,91)(H,92,118)(H,93,109)(H,94,114)(H,95,116)(H,96,120)(H,97,119)(H,98,117)(H,99,115)(H,100,113)(H,110,111)/t46-,47-,53+,58-,59-,60-,61-,62-,63-,64-,65-,66-,67-,68-,69-/m0/s1. The van der Waals surface area contributed by atoms with Gasteiger partial charge < -0.3 is 119 Å². The molecule has 20 N–H and O–H groups in total. The largest absolute Gasteiger partial charge is 0.508 e. The Bertz CT molecular complexity index is 4870. The first-order chi connectivity index (χ1) is 60.1. The minimum Gasteiger partial charge on any atom is -0.508 e. The summed E-state index contributed by atoms with van der Waals surface area (Å²) in [6.07, 6.45) is 3.64. The van der Waals surface area contributed by atoms with E-state index in [-0.39, 0.29) is 82.4 Å². The highest BCUT2D eigenvalue weighted by Gasteiger charge is 2.46. The Morgan fingerprint density at radius 2 is 1.07 bits per heavy atom. The Balaban J connectivity index is 1.06. The normalized spacial score (nSPS) is 25.8. The van der Waals surface area contributed by atoms with Gasteiger partial charge in [-0.15, -0.1) is 11.8 Å². The van der Waals surface area contributed by atoms with E-state index in [0.717, 1.165) is 31.4 Å². The molecule has 0 aliphatic carbocycles. The lowest BCUT2D eigenvalue weighted by Gasteiger charge is -2.36. The summed E-state index contributed by atoms with van der Waals surface area (Å²) in [4.78, 5) is 252. The number of unbranched alkanes of at least 4 members (excludes halogenated alkanes) is 2. The number of aromatic nitrogens is 4. The average Bonchev–Trinajstić information content (AvgIpc) is 1.66. The molecule has 3 aromatic heterocycles. The van der Waals surface area contributed by atoms with Crippen molar-refractivity contribution in [2.24, 2.45) is 11.5 Å². The molecule has 0 spiro atoms. The van der Waals surface area contributed by atoms with Gasteiger partial charge in [-0.1, -0.05) is 88.1 Å². The van der Waals surface area contributed by atoms with E-state index in [9.17, 15) is 68.4 Å². The zero-order valence-electron chi connectivity index (χ0n) is 71.5. The Hall–Kier alpha value is -12.5. The van der Waals surface area contributed by atoms with Crippen LogP contribution in [0.4, 0.5) is 0 Å². The first-order valence-corrected chi connectivity index (χ1v) is 43.4. The van der Waals surface area contributed by atoms with Crippen LogP contribution >= 0.6 is 11.8 Å². The highest BCUT2D eigenvalue weighted by molar-refractivity contribution is 8.00. The molecule has 6 heterocycles. The third kappa shape index (κ3) is 25.6. The van der Waals surface area contributed by atoms with Crippen molar-refractivity contribution in [2.45, 2.75) is 221 Å². The van der Waals surface area contributed by atoms with Crippen LogP contribution in [0.2, 0.25) is 0 Å². The van der Waals surface area contributed by atoms with Crippen LogP contribution < -0.4 is 59.3 Å². The summed E-state index contributed by atoms with van der Waals surface area (Å²) < 4.78 is 0. The number of rotatable bonds is 21. The summed E-state index contributed by atoms with van der Waals surface area (Å²) >= 11 is 0.819. The number of carboxylic acids is 1. The summed E-state index contributed by atoms with van der Waals surface area (Å²) in [5.74, 6) is -16.0. The second-order valence-electron chi connectivity index (χ2n) is 32.1. The molecule has 40 nitrogen and oxygen atoms in total. The number of nitrogens with zero attached hydrogens (tertiary/aromatic N) is 6. The van der Waals surface area contributed by atoms with Gasteiger partial charge in [-0.2, -0.15) is 0 Å². The van der Waals surface area contributed by atoms with E-state index in [2.05, 4.69) is 67.8 Å². The fourth-order valence-corrected chi connectivity index (χ4v) is 16.6. The number of para-hydroxylation sites is 2. The number of benzene rings is 3. The van der Waals surface area contributed by atoms with Crippen molar-refractivity contribution in [2.75, 3.05) is 58.9 Å². The Labute approximate surface area is 731 Å². The summed E-state index contributed by atoms with van der Waals surface area (Å²) in [6, 6.07) is -1.47. The van der Waals surface area contributed by atoms with Gasteiger partial charge in [0, 0.05) is 125 Å². The number of amides is 15. The van der Waals surface area contributed by atoms with Crippen LogP contribution in [0.3, 0.4) is 0 Å². The number of aliphatic hydroxyl groups excluding tert-OH is 2. The van der Waals surface area contributed by atoms with Crippen molar-refractivity contribution >= 4 is 128 Å². The molecule has 3 aromatic carbocycles. The lowest BCUT2D eigenvalue weighted by molar-refractivity contribution is -0.149. The van der Waals surface area contributed by atoms with Crippen LogP contribution in [-0.4, -0.2) is 309 Å². The Morgan fingerprint density at radius 1 is 0.540 bits per heavy atom. The number of phenols is 1. The molecule has 3 aliphatic rings. The number of hydrogen-bond acceptors (Lipinski definition) is 22. The molecular weight excluding hydrogens is 1650 g/mol. The SMILES string of the molecule is CCCC[C@H]1C(=O)N(C)[C@@H](CCCC)C(=O)N[C@@H](C)C(=O)N[C@H](C(N)=O)CSCC(=O)N[C@@H](Cc2ccc(O)cc2)C(=O)N(C)[C@@H](C)C(=O)N[C@@H](CCC(=O)O)C(=O)N2CCC[C@H]2C(=O)N[C@@H](Cc2cnc[nH]2)C(=O)N[C@@H](CCN)C(=O)N2C[C@H](O)C[C@H]2C(=O)N[C@@H](Cc2c[nH]c3ccccc23)C(=O)N[C@@H](CO)C(=O)N[C@@H](Cc2c[nH]c3ccccc23)C(=O)N1C. The number of aliphatic hydroxyl groups is 2. The number of carbonyl (C=O) groups is 16. The van der Waals surface area contributed by atoms with Gasteiger partial charge in [0.2, 0.25) is 88.6 Å². The number of H-pyrrole nitrogens is 3. The number of imidazole rings is 1. The van der Waals surface area contributed by atoms with Crippen LogP contribution in [0.1, 0.15) is 127 Å². The number of fused-ring (bicyclic) bond motifs is 4. The minimum atomic E-state index is -1.87. The van der Waals surface area contributed by atoms with Gasteiger partial charge in [-0.3, -0.25) is 76.7 Å². The Kier molecular flexibility index (Phi) is 35.5. The molecule has 3 saturated heterocycles. The van der Waals surface area contributed by atoms with Gasteiger partial charge in [-0.05, 0) is 99.9 Å². The number of aromatic amines is 3. The highest BCUT2D eigenvalue weighted by Crippen LogP contribution is 2.28. The monoisotopic (exact) mass is 1770 g/mol. The maximum Gasteiger partial charge on any atom is 0.303 e. The molecule has 41 heteroatoms. The number of nitrogens with one attached hydrogen (secondary N) is 12. The molecule has 3 aliphatic heterocycles. The molecule has 9 rings (SSSR count). The number of aromatic hydroxyl groups is 1. The highest BCUT2D eigenvalue weighted by atomic mass is 32.2. The molecule has 682 valence electrons. The van der Waals surface area contributed by atoms with Crippen LogP contribution in [-0.2, 0) is 102 Å². The number of carboxylic acid groups (broad SMARTS) is 1. The number of carbonyl (C=O) groups excluding carboxylic acids is 15. The number of phenolic OH excluding ortho intramolecular Hbond substituents is 1. The molecule has 0 saturated carbocycles. The maximum atomic E-state index is 15.6. The summed E-state index contributed by atoms with van der Waals surface area (Å²) in [5, 5.41) is 67.6. The number of thioether (sulfide) groups is 1. The third-order valence-electron chi connectivity index (χ3n) is 23.0. The van der Waals surface area contributed by atoms with E-state index < -0.39 is 223 Å². The van der Waals surface area contributed by atoms with Crippen molar-refractivity contribution in [3.63, 3.8) is 0 Å². The van der Waals surface area contributed by atoms with E-state index in [1.165, 1.54) is 76.7 Å². The van der Waals surface area contributed by atoms with Gasteiger partial charge in [0.1, 0.15) is 90.3 Å². The molecule has 0 unspecified atom stereocenters. The van der Waals surface area contributed by atoms with Crippen molar-refractivity contribution in [3.8, 4) is 5.75 Å². The zero-order valence-corrected chi connectivity index (χ0v) is 72.3. The quantitative estimate of drug-likeness (QED) is 0.0371. The molecule has 3 fully saturated rings. The van der Waals surface area contributed by atoms with Gasteiger partial charge in [-0.25, -0.2) is 4.98 Å². The predicted octanol–water partition coefficient (Wildman–Crippen LogP) is -2.00. The molecule has 6 aromatic rings. The third-order valence-corrected chi connectivity index (χ3v) is 24.1. The summed E-state index contributed by atoms with van der Waals surface area (Å²) in [6.45, 7) is 4.39. The van der Waals surface area contributed by atoms with E-state index >= 15 is 28.8 Å². The predicted molar refractivity (Wildman–Crippen MR) is 461 cm³/mol. The van der Waals surface area contributed by atoms with Crippen molar-refractivity contribution in [1.29, 1.82) is 0 Å². The molecule has 15 atom stereocenters. The van der Waals surface area contributed by atoms with Crippen LogP contribution in [0.15, 0.2) is 97.7 Å². The summed E-state index contributed by atoms with van der Waals surface area (Å²) in [7, 11) is 3.96. The van der Waals surface area contributed by atoms with E-state index in [4.69, 9.17) is 11.5 Å². The topological polar surface area (TPSA) is 591 Å². The van der Waals surface area contributed by atoms with Gasteiger partial charge in [0.05, 0.1) is 24.8 Å². The number of nitrogens with two attached hydrogens (primary N) is 2. The lowest BCUT2D eigenvalue weighted by atomic mass is 10.00. The molecule has 15 amide bonds. The van der Waals surface area contributed by atoms with Crippen molar-refractivity contribution < 1.29 is 97.1 Å². The van der Waals surface area contributed by atoms with E-state index in [0.29, 0.717) is 69.9 Å². The molecule has 126 heavy (non-hydrogen) atoms. The van der Waals surface area contributed by atoms with Gasteiger partial charge in [0.25, 0.3) is 0 Å². The first-order valence-electron chi connectivity index (χ1n) is 42.2. The summed E-state index contributed by atoms with van der Waals surface area (Å²) in [5.41, 5.74) is 15.0. The molecule has 0 bridgehead atoms. The molecular formula is C85H116N20O20S. The van der Waals surface area contributed by atoms with Gasteiger partial charge >= 0.3 is 5.97 Å². The van der Waals surface area contributed by atoms with E-state index in [1.54, 1.807) is 60.9 Å². The van der Waals surface area contributed by atoms with Gasteiger partial charge in [0.15, 0.2) is 0 Å². The van der Waals surface area contributed by atoms with Crippen LogP contribution in [0.5, 0.6) is 5.75 Å². The van der Waals surface area contributed by atoms with Crippen LogP contribution in [0.25, 0.3) is 21.8 Å². The molecule has 0 radical (unpaired) electrons. The number of hydrogen-bond donors (Lipinski definition) is 18. The van der Waals surface area contributed by atoms with Crippen molar-refractivity contribution in [1.82, 2.24) is 92.3 Å². The first kappa shape index (κ1) is 97.3. The second-order valence-corrected chi connectivity index (χ2v) is 33.1. The average molecular weight is 1770 g/mol. The second kappa shape index (κ2) is 45.9. The van der Waals surface area contributed by atoms with E-state index in [1.807, 2.05) is 13.8 Å². The number of likely N-dealkylation sites (N-methyl/N-ethyl adjacent to an activating group) is 3. The maximum absolute atomic E-state index is 15.6. The zero-order chi connectivity index (χ0) is 91.8. The smallest absolute Gasteiger partial charge is 0.303 e. The fourth-order valence-electron chi connectivity index (χ4n) is 15.7. The van der Waals surface area contributed by atoms with Crippen LogP contribution in [0, 0.1) is 0 Å². The number of primary amides is 1. The van der Waals surface area contributed by atoms with Crippen molar-refractivity contribution in [3.05, 3.63) is 120 Å².